The molecule has 0 saturated carbocycles. The van der Waals surface area contributed by atoms with Crippen LogP contribution in [-0.4, -0.2) is 23.2 Å². The van der Waals surface area contributed by atoms with E-state index in [4.69, 9.17) is 4.42 Å². The van der Waals surface area contributed by atoms with E-state index in [2.05, 4.69) is 10.3 Å². The first-order valence-corrected chi connectivity index (χ1v) is 5.12. The van der Waals surface area contributed by atoms with Gasteiger partial charge in [-0.15, -0.1) is 0 Å². The van der Waals surface area contributed by atoms with Gasteiger partial charge in [0.25, 0.3) is 0 Å². The van der Waals surface area contributed by atoms with Crippen LogP contribution in [0.25, 0.3) is 0 Å². The molecule has 0 radical (unpaired) electrons. The Bertz CT molecular complexity index is 290. The summed E-state index contributed by atoms with van der Waals surface area (Å²) in [5.74, 6) is 1.69. The summed E-state index contributed by atoms with van der Waals surface area (Å²) in [5.41, 5.74) is 0. The van der Waals surface area contributed by atoms with E-state index in [1.807, 2.05) is 0 Å². The molecule has 0 aliphatic carbocycles. The first kappa shape index (κ1) is 9.68. The van der Waals surface area contributed by atoms with E-state index in [1.165, 1.54) is 0 Å². The van der Waals surface area contributed by atoms with Gasteiger partial charge in [-0.3, -0.25) is 0 Å². The molecule has 4 heteroatoms. The largest absolute Gasteiger partial charge is 0.443 e. The van der Waals surface area contributed by atoms with Gasteiger partial charge >= 0.3 is 0 Å². The highest BCUT2D eigenvalue weighted by atomic mass is 16.4. The Balaban J connectivity index is 2.07. The molecule has 4 nitrogen and oxygen atoms in total. The van der Waals surface area contributed by atoms with Crippen molar-refractivity contribution in [1.82, 2.24) is 10.3 Å². The normalized spacial score (nSPS) is 24.9. The van der Waals surface area contributed by atoms with Gasteiger partial charge in [-0.25, -0.2) is 4.98 Å². The van der Waals surface area contributed by atoms with Crippen LogP contribution in [0.2, 0.25) is 0 Å². The third-order valence-electron chi connectivity index (χ3n) is 2.60. The molecular formula is C10H16N2O2. The van der Waals surface area contributed by atoms with E-state index in [-0.39, 0.29) is 0 Å². The number of aliphatic hydroxyl groups excluding tert-OH is 1. The standard InChI is InChI=1S/C10H16N2O2/c1-7(13)9-6-12-10(14-9)8-3-2-4-11-5-8/h6-8,11,13H,2-5H2,1H3. The fraction of sp³-hybridized carbons (Fsp3) is 0.700. The van der Waals surface area contributed by atoms with Crippen LogP contribution in [0.15, 0.2) is 10.6 Å². The monoisotopic (exact) mass is 196 g/mol. The van der Waals surface area contributed by atoms with Crippen LogP contribution in [0.1, 0.15) is 43.4 Å². The Hall–Kier alpha value is -0.870. The number of nitrogens with one attached hydrogen (secondary N) is 1. The maximum absolute atomic E-state index is 9.29. The molecule has 1 aromatic heterocycles. The lowest BCUT2D eigenvalue weighted by Crippen LogP contribution is -2.28. The predicted octanol–water partition coefficient (Wildman–Crippen LogP) is 1.19. The topological polar surface area (TPSA) is 58.3 Å². The number of piperidine rings is 1. The van der Waals surface area contributed by atoms with Gasteiger partial charge in [0.15, 0.2) is 11.7 Å². The van der Waals surface area contributed by atoms with Crippen LogP contribution in [-0.2, 0) is 0 Å². The second-order valence-electron chi connectivity index (χ2n) is 3.82. The van der Waals surface area contributed by atoms with Crippen molar-refractivity contribution in [2.75, 3.05) is 13.1 Å². The van der Waals surface area contributed by atoms with E-state index in [9.17, 15) is 5.11 Å². The van der Waals surface area contributed by atoms with Crippen molar-refractivity contribution in [1.29, 1.82) is 0 Å². The van der Waals surface area contributed by atoms with Gasteiger partial charge in [-0.1, -0.05) is 0 Å². The van der Waals surface area contributed by atoms with Gasteiger partial charge in [0.2, 0.25) is 0 Å². The fourth-order valence-corrected chi connectivity index (χ4v) is 1.75. The van der Waals surface area contributed by atoms with Crippen molar-refractivity contribution in [2.24, 2.45) is 0 Å². The average molecular weight is 196 g/mol. The Kier molecular flexibility index (Phi) is 2.84. The summed E-state index contributed by atoms with van der Waals surface area (Å²) in [5, 5.41) is 12.6. The molecule has 1 aliphatic heterocycles. The van der Waals surface area contributed by atoms with E-state index in [0.717, 1.165) is 31.8 Å². The number of oxazole rings is 1. The lowest BCUT2D eigenvalue weighted by molar-refractivity contribution is 0.165. The van der Waals surface area contributed by atoms with Crippen molar-refractivity contribution < 1.29 is 9.52 Å². The Morgan fingerprint density at radius 2 is 2.57 bits per heavy atom. The maximum atomic E-state index is 9.29. The molecule has 0 amide bonds. The SMILES string of the molecule is CC(O)c1cnc(C2CCCNC2)o1. The Morgan fingerprint density at radius 3 is 3.14 bits per heavy atom. The van der Waals surface area contributed by atoms with Gasteiger partial charge in [0.05, 0.1) is 6.20 Å². The predicted molar refractivity (Wildman–Crippen MR) is 52.0 cm³/mol. The van der Waals surface area contributed by atoms with Crippen molar-refractivity contribution in [3.8, 4) is 0 Å². The number of hydrogen-bond donors (Lipinski definition) is 2. The zero-order chi connectivity index (χ0) is 9.97. The Labute approximate surface area is 83.3 Å². The summed E-state index contributed by atoms with van der Waals surface area (Å²) >= 11 is 0. The molecule has 2 atom stereocenters. The fourth-order valence-electron chi connectivity index (χ4n) is 1.75. The highest BCUT2D eigenvalue weighted by molar-refractivity contribution is 5.02. The molecule has 1 aliphatic rings. The van der Waals surface area contributed by atoms with Crippen LogP contribution in [0.5, 0.6) is 0 Å². The first-order chi connectivity index (χ1) is 6.77. The minimum absolute atomic E-state index is 0.372. The molecule has 1 fully saturated rings. The molecule has 14 heavy (non-hydrogen) atoms. The summed E-state index contributed by atoms with van der Waals surface area (Å²) in [6.07, 6.45) is 3.34. The minimum Gasteiger partial charge on any atom is -0.443 e. The zero-order valence-electron chi connectivity index (χ0n) is 8.36. The van der Waals surface area contributed by atoms with Gasteiger partial charge in [0, 0.05) is 12.5 Å². The summed E-state index contributed by atoms with van der Waals surface area (Å²) < 4.78 is 5.48. The van der Waals surface area contributed by atoms with Gasteiger partial charge in [0.1, 0.15) is 6.10 Å². The number of hydrogen-bond acceptors (Lipinski definition) is 4. The van der Waals surface area contributed by atoms with Crippen LogP contribution < -0.4 is 5.32 Å². The van der Waals surface area contributed by atoms with E-state index in [1.54, 1.807) is 13.1 Å². The third kappa shape index (κ3) is 1.96. The third-order valence-corrected chi connectivity index (χ3v) is 2.60. The summed E-state index contributed by atoms with van der Waals surface area (Å²) in [4.78, 5) is 4.19. The molecule has 1 aromatic rings. The maximum Gasteiger partial charge on any atom is 0.198 e. The van der Waals surface area contributed by atoms with Crippen molar-refractivity contribution in [2.45, 2.75) is 31.8 Å². The average Bonchev–Trinajstić information content (AvgIpc) is 2.68. The highest BCUT2D eigenvalue weighted by Crippen LogP contribution is 2.24. The quantitative estimate of drug-likeness (QED) is 0.746. The van der Waals surface area contributed by atoms with Crippen LogP contribution in [0.4, 0.5) is 0 Å². The van der Waals surface area contributed by atoms with Crippen LogP contribution in [0, 0.1) is 0 Å². The van der Waals surface area contributed by atoms with Crippen LogP contribution in [0.3, 0.4) is 0 Å². The summed E-state index contributed by atoms with van der Waals surface area (Å²) in [7, 11) is 0. The lowest BCUT2D eigenvalue weighted by Gasteiger charge is -2.19. The molecule has 2 heterocycles. The number of aliphatic hydroxyl groups is 1. The van der Waals surface area contributed by atoms with Gasteiger partial charge < -0.3 is 14.8 Å². The molecule has 0 spiro atoms. The molecule has 2 N–H and O–H groups in total. The molecule has 0 bridgehead atoms. The highest BCUT2D eigenvalue weighted by Gasteiger charge is 2.20. The molecule has 2 rings (SSSR count). The zero-order valence-corrected chi connectivity index (χ0v) is 8.36. The van der Waals surface area contributed by atoms with Gasteiger partial charge in [-0.05, 0) is 26.3 Å². The summed E-state index contributed by atoms with van der Waals surface area (Å²) in [6.45, 7) is 3.70. The van der Waals surface area contributed by atoms with E-state index >= 15 is 0 Å². The molecule has 0 aromatic carbocycles. The number of nitrogens with zero attached hydrogens (tertiary/aromatic N) is 1. The second-order valence-corrected chi connectivity index (χ2v) is 3.82. The van der Waals surface area contributed by atoms with Crippen molar-refractivity contribution in [3.63, 3.8) is 0 Å². The molecule has 78 valence electrons. The molecule has 1 saturated heterocycles. The van der Waals surface area contributed by atoms with Crippen LogP contribution >= 0.6 is 0 Å². The molecule has 2 unspecified atom stereocenters. The van der Waals surface area contributed by atoms with Crippen molar-refractivity contribution in [3.05, 3.63) is 17.8 Å². The van der Waals surface area contributed by atoms with E-state index in [0.29, 0.717) is 11.7 Å². The van der Waals surface area contributed by atoms with Gasteiger partial charge in [-0.2, -0.15) is 0 Å². The number of aromatic nitrogens is 1. The minimum atomic E-state index is -0.562. The first-order valence-electron chi connectivity index (χ1n) is 5.12. The lowest BCUT2D eigenvalue weighted by atomic mass is 10.00. The number of rotatable bonds is 2. The summed E-state index contributed by atoms with van der Waals surface area (Å²) in [6, 6.07) is 0. The molecular weight excluding hydrogens is 180 g/mol. The van der Waals surface area contributed by atoms with E-state index < -0.39 is 6.10 Å². The van der Waals surface area contributed by atoms with Crippen molar-refractivity contribution >= 4 is 0 Å². The Morgan fingerprint density at radius 1 is 1.71 bits per heavy atom. The smallest absolute Gasteiger partial charge is 0.198 e. The second kappa shape index (κ2) is 4.11.